The highest BCUT2D eigenvalue weighted by Crippen LogP contribution is 2.22. The summed E-state index contributed by atoms with van der Waals surface area (Å²) in [6.45, 7) is 1.99. The van der Waals surface area contributed by atoms with E-state index in [2.05, 4.69) is 4.98 Å². The summed E-state index contributed by atoms with van der Waals surface area (Å²) in [7, 11) is 0. The third-order valence-electron chi connectivity index (χ3n) is 2.71. The Balaban J connectivity index is 2.27. The van der Waals surface area contributed by atoms with Gasteiger partial charge in [0, 0.05) is 24.9 Å². The first kappa shape index (κ1) is 11.7. The van der Waals surface area contributed by atoms with Gasteiger partial charge in [-0.05, 0) is 6.07 Å². The summed E-state index contributed by atoms with van der Waals surface area (Å²) in [6.07, 6.45) is 2.89. The fraction of sp³-hybridized carbons (Fsp3) is 0.273. The first-order chi connectivity index (χ1) is 8.02. The molecule has 17 heavy (non-hydrogen) atoms. The number of amides is 2. The number of aromatic nitrogens is 1. The molecule has 0 saturated heterocycles. The molecule has 0 aromatic carbocycles. The van der Waals surface area contributed by atoms with E-state index in [4.69, 9.17) is 18.0 Å². The van der Waals surface area contributed by atoms with Crippen LogP contribution >= 0.6 is 12.2 Å². The van der Waals surface area contributed by atoms with Crippen molar-refractivity contribution in [3.8, 4) is 0 Å². The Morgan fingerprint density at radius 3 is 2.71 bits per heavy atom. The van der Waals surface area contributed by atoms with E-state index in [0.29, 0.717) is 16.1 Å². The Bertz CT molecular complexity index is 480. The summed E-state index contributed by atoms with van der Waals surface area (Å²) in [5, 5.41) is 0. The highest BCUT2D eigenvalue weighted by Gasteiger charge is 2.36. The number of pyridine rings is 1. The van der Waals surface area contributed by atoms with Crippen molar-refractivity contribution in [3.63, 3.8) is 0 Å². The van der Waals surface area contributed by atoms with E-state index in [1.165, 1.54) is 12.4 Å². The lowest BCUT2D eigenvalue weighted by molar-refractivity contribution is 0.0645. The van der Waals surface area contributed by atoms with Gasteiger partial charge in [-0.3, -0.25) is 19.5 Å². The van der Waals surface area contributed by atoms with Crippen LogP contribution in [0, 0.1) is 5.92 Å². The largest absolute Gasteiger partial charge is 0.393 e. The second-order valence-corrected chi connectivity index (χ2v) is 4.42. The lowest BCUT2D eigenvalue weighted by atomic mass is 10.1. The van der Waals surface area contributed by atoms with Crippen LogP contribution in [0.1, 0.15) is 27.6 Å². The molecule has 2 rings (SSSR count). The van der Waals surface area contributed by atoms with E-state index in [1.807, 2.05) is 0 Å². The quantitative estimate of drug-likeness (QED) is 0.627. The standard InChI is InChI=1S/C11H11N3O2S/c1-6(9(12)17)5-14-10(15)7-2-3-13-4-8(7)11(14)16/h2-4,6H,5H2,1H3,(H2,12,17). The van der Waals surface area contributed by atoms with Crippen molar-refractivity contribution in [2.24, 2.45) is 11.7 Å². The maximum Gasteiger partial charge on any atom is 0.263 e. The number of imide groups is 1. The number of nitrogens with zero attached hydrogens (tertiary/aromatic N) is 2. The Morgan fingerprint density at radius 2 is 2.12 bits per heavy atom. The molecule has 0 spiro atoms. The van der Waals surface area contributed by atoms with Crippen LogP contribution in [0.15, 0.2) is 18.5 Å². The Kier molecular flexibility index (Phi) is 2.89. The van der Waals surface area contributed by atoms with E-state index < -0.39 is 0 Å². The maximum atomic E-state index is 12.0. The van der Waals surface area contributed by atoms with Gasteiger partial charge in [0.05, 0.1) is 16.1 Å². The van der Waals surface area contributed by atoms with Crippen LogP contribution in [0.5, 0.6) is 0 Å². The summed E-state index contributed by atoms with van der Waals surface area (Å²) >= 11 is 4.83. The highest BCUT2D eigenvalue weighted by molar-refractivity contribution is 7.80. The lowest BCUT2D eigenvalue weighted by Gasteiger charge is -2.18. The van der Waals surface area contributed by atoms with Crippen molar-refractivity contribution < 1.29 is 9.59 Å². The molecule has 6 heteroatoms. The minimum Gasteiger partial charge on any atom is -0.393 e. The zero-order chi connectivity index (χ0) is 12.6. The molecule has 2 heterocycles. The molecule has 0 saturated carbocycles. The molecule has 1 atom stereocenters. The topological polar surface area (TPSA) is 76.3 Å². The number of fused-ring (bicyclic) bond motifs is 1. The summed E-state index contributed by atoms with van der Waals surface area (Å²) in [5.41, 5.74) is 6.21. The fourth-order valence-electron chi connectivity index (χ4n) is 1.66. The summed E-state index contributed by atoms with van der Waals surface area (Å²) in [4.78, 5) is 29.2. The third-order valence-corrected chi connectivity index (χ3v) is 3.12. The highest BCUT2D eigenvalue weighted by atomic mass is 32.1. The molecule has 1 unspecified atom stereocenters. The van der Waals surface area contributed by atoms with Crippen molar-refractivity contribution in [3.05, 3.63) is 29.6 Å². The molecule has 0 radical (unpaired) electrons. The Hall–Kier alpha value is -1.82. The van der Waals surface area contributed by atoms with Gasteiger partial charge in [-0.2, -0.15) is 0 Å². The van der Waals surface area contributed by atoms with Crippen molar-refractivity contribution in [2.45, 2.75) is 6.92 Å². The second kappa shape index (κ2) is 4.21. The number of hydrogen-bond acceptors (Lipinski definition) is 4. The van der Waals surface area contributed by atoms with Crippen LogP contribution in [0.25, 0.3) is 0 Å². The molecule has 88 valence electrons. The maximum absolute atomic E-state index is 12.0. The smallest absolute Gasteiger partial charge is 0.263 e. The molecule has 5 nitrogen and oxygen atoms in total. The van der Waals surface area contributed by atoms with E-state index in [-0.39, 0.29) is 24.3 Å². The van der Waals surface area contributed by atoms with Gasteiger partial charge < -0.3 is 5.73 Å². The molecule has 2 amide bonds. The first-order valence-corrected chi connectivity index (χ1v) is 5.52. The Labute approximate surface area is 104 Å². The van der Waals surface area contributed by atoms with Gasteiger partial charge in [0.15, 0.2) is 0 Å². The SMILES string of the molecule is CC(CN1C(=O)c2ccncc2C1=O)C(N)=S. The van der Waals surface area contributed by atoms with E-state index in [1.54, 1.807) is 13.0 Å². The Morgan fingerprint density at radius 1 is 1.47 bits per heavy atom. The third kappa shape index (κ3) is 1.91. The molecular weight excluding hydrogens is 238 g/mol. The van der Waals surface area contributed by atoms with Gasteiger partial charge in [0.2, 0.25) is 0 Å². The van der Waals surface area contributed by atoms with Crippen LogP contribution in [0.4, 0.5) is 0 Å². The van der Waals surface area contributed by atoms with Gasteiger partial charge in [-0.1, -0.05) is 19.1 Å². The van der Waals surface area contributed by atoms with Crippen LogP contribution in [0.3, 0.4) is 0 Å². The van der Waals surface area contributed by atoms with Crippen molar-refractivity contribution in [1.82, 2.24) is 9.88 Å². The molecule has 1 aromatic heterocycles. The lowest BCUT2D eigenvalue weighted by Crippen LogP contribution is -2.37. The van der Waals surface area contributed by atoms with E-state index in [0.717, 1.165) is 4.90 Å². The monoisotopic (exact) mass is 249 g/mol. The van der Waals surface area contributed by atoms with Crippen molar-refractivity contribution in [2.75, 3.05) is 6.54 Å². The molecule has 2 N–H and O–H groups in total. The molecule has 0 aliphatic carbocycles. The minimum absolute atomic E-state index is 0.194. The zero-order valence-electron chi connectivity index (χ0n) is 9.21. The molecule has 1 aromatic rings. The molecule has 0 fully saturated rings. The van der Waals surface area contributed by atoms with Gasteiger partial charge >= 0.3 is 0 Å². The molecule has 1 aliphatic heterocycles. The molecular formula is C11H11N3O2S. The second-order valence-electron chi connectivity index (χ2n) is 3.95. The number of thiocarbonyl (C=S) groups is 1. The average Bonchev–Trinajstić information content (AvgIpc) is 2.55. The van der Waals surface area contributed by atoms with Gasteiger partial charge in [0.1, 0.15) is 0 Å². The van der Waals surface area contributed by atoms with Crippen LogP contribution < -0.4 is 5.73 Å². The fourth-order valence-corrected chi connectivity index (χ4v) is 1.74. The summed E-state index contributed by atoms with van der Waals surface area (Å²) in [5.74, 6) is -0.836. The van der Waals surface area contributed by atoms with Crippen molar-refractivity contribution in [1.29, 1.82) is 0 Å². The van der Waals surface area contributed by atoms with Gasteiger partial charge in [-0.25, -0.2) is 0 Å². The predicted octanol–water partition coefficient (Wildman–Crippen LogP) is 0.600. The predicted molar refractivity (Wildman–Crippen MR) is 65.6 cm³/mol. The van der Waals surface area contributed by atoms with Gasteiger partial charge in [-0.15, -0.1) is 0 Å². The number of rotatable bonds is 3. The molecule has 1 aliphatic rings. The van der Waals surface area contributed by atoms with E-state index >= 15 is 0 Å². The number of nitrogens with two attached hydrogens (primary N) is 1. The zero-order valence-corrected chi connectivity index (χ0v) is 10.0. The summed E-state index contributed by atoms with van der Waals surface area (Å²) < 4.78 is 0. The van der Waals surface area contributed by atoms with Crippen molar-refractivity contribution >= 4 is 29.0 Å². The minimum atomic E-state index is -0.332. The first-order valence-electron chi connectivity index (χ1n) is 5.12. The van der Waals surface area contributed by atoms with Crippen LogP contribution in [-0.2, 0) is 0 Å². The number of carbonyl (C=O) groups is 2. The number of carbonyl (C=O) groups excluding carboxylic acids is 2. The van der Waals surface area contributed by atoms with Crippen LogP contribution in [-0.4, -0.2) is 33.2 Å². The molecule has 0 bridgehead atoms. The van der Waals surface area contributed by atoms with Crippen LogP contribution in [0.2, 0.25) is 0 Å². The average molecular weight is 249 g/mol. The van der Waals surface area contributed by atoms with Gasteiger partial charge in [0.25, 0.3) is 11.8 Å². The van der Waals surface area contributed by atoms with E-state index in [9.17, 15) is 9.59 Å². The normalized spacial score (nSPS) is 15.9. The number of hydrogen-bond donors (Lipinski definition) is 1. The summed E-state index contributed by atoms with van der Waals surface area (Å²) in [6, 6.07) is 1.54.